The van der Waals surface area contributed by atoms with Crippen LogP contribution in [0.2, 0.25) is 0 Å². The molecule has 1 aromatic rings. The summed E-state index contributed by atoms with van der Waals surface area (Å²) in [6.45, 7) is 0.788. The SMILES string of the molecule is NC(c1cncnc1)C1CNNN1. The van der Waals surface area contributed by atoms with Crippen LogP contribution in [0.15, 0.2) is 18.7 Å². The van der Waals surface area contributed by atoms with Gasteiger partial charge >= 0.3 is 0 Å². The monoisotopic (exact) mass is 180 g/mol. The van der Waals surface area contributed by atoms with Crippen LogP contribution in [0, 0.1) is 0 Å². The Hall–Kier alpha value is -1.08. The Balaban J connectivity index is 2.08. The summed E-state index contributed by atoms with van der Waals surface area (Å²) in [6, 6.07) is 0.0784. The van der Waals surface area contributed by atoms with Crippen molar-refractivity contribution in [2.24, 2.45) is 5.73 Å². The van der Waals surface area contributed by atoms with E-state index >= 15 is 0 Å². The highest BCUT2D eigenvalue weighted by atomic mass is 15.6. The second-order valence-corrected chi connectivity index (χ2v) is 2.95. The fourth-order valence-corrected chi connectivity index (χ4v) is 1.29. The summed E-state index contributed by atoms with van der Waals surface area (Å²) in [5.74, 6) is 0. The number of hydrazine groups is 2. The first-order chi connectivity index (χ1) is 6.38. The van der Waals surface area contributed by atoms with Crippen LogP contribution in [-0.2, 0) is 0 Å². The largest absolute Gasteiger partial charge is 0.322 e. The van der Waals surface area contributed by atoms with Crippen LogP contribution < -0.4 is 22.1 Å². The molecule has 2 atom stereocenters. The summed E-state index contributed by atoms with van der Waals surface area (Å²) in [5.41, 5.74) is 15.7. The van der Waals surface area contributed by atoms with Crippen LogP contribution in [0.25, 0.3) is 0 Å². The van der Waals surface area contributed by atoms with Gasteiger partial charge in [0.15, 0.2) is 0 Å². The van der Waals surface area contributed by atoms with Gasteiger partial charge in [-0.3, -0.25) is 0 Å². The zero-order chi connectivity index (χ0) is 9.10. The average Bonchev–Trinajstić information content (AvgIpc) is 2.71. The van der Waals surface area contributed by atoms with Crippen molar-refractivity contribution in [3.63, 3.8) is 0 Å². The van der Waals surface area contributed by atoms with E-state index in [2.05, 4.69) is 26.4 Å². The third-order valence-electron chi connectivity index (χ3n) is 2.07. The van der Waals surface area contributed by atoms with Gasteiger partial charge in [0.1, 0.15) is 6.33 Å². The normalized spacial score (nSPS) is 24.5. The lowest BCUT2D eigenvalue weighted by Crippen LogP contribution is -2.39. The number of nitrogens with zero attached hydrogens (tertiary/aromatic N) is 2. The van der Waals surface area contributed by atoms with E-state index in [-0.39, 0.29) is 12.1 Å². The van der Waals surface area contributed by atoms with Gasteiger partial charge in [-0.1, -0.05) is 0 Å². The van der Waals surface area contributed by atoms with Crippen LogP contribution in [0.4, 0.5) is 0 Å². The van der Waals surface area contributed by atoms with E-state index < -0.39 is 0 Å². The minimum absolute atomic E-state index is 0.0938. The van der Waals surface area contributed by atoms with E-state index in [1.54, 1.807) is 12.4 Å². The van der Waals surface area contributed by atoms with Crippen molar-refractivity contribution in [3.05, 3.63) is 24.3 Å². The Morgan fingerprint density at radius 1 is 1.46 bits per heavy atom. The lowest BCUT2D eigenvalue weighted by Gasteiger charge is -2.16. The predicted molar refractivity (Wildman–Crippen MR) is 47.0 cm³/mol. The maximum absolute atomic E-state index is 5.98. The van der Waals surface area contributed by atoms with Crippen molar-refractivity contribution < 1.29 is 0 Å². The first kappa shape index (κ1) is 8.52. The smallest absolute Gasteiger partial charge is 0.115 e. The Morgan fingerprint density at radius 2 is 2.23 bits per heavy atom. The number of hydrogen-bond acceptors (Lipinski definition) is 6. The Labute approximate surface area is 75.9 Å². The van der Waals surface area contributed by atoms with Gasteiger partial charge in [-0.25, -0.2) is 20.8 Å². The van der Waals surface area contributed by atoms with E-state index in [1.165, 1.54) is 6.33 Å². The topological polar surface area (TPSA) is 87.9 Å². The van der Waals surface area contributed by atoms with Crippen LogP contribution in [-0.4, -0.2) is 22.6 Å². The quantitative estimate of drug-likeness (QED) is 0.441. The van der Waals surface area contributed by atoms with Crippen LogP contribution in [0.5, 0.6) is 0 Å². The fourth-order valence-electron chi connectivity index (χ4n) is 1.29. The van der Waals surface area contributed by atoms with Crippen LogP contribution in [0.3, 0.4) is 0 Å². The summed E-state index contributed by atoms with van der Waals surface area (Å²) >= 11 is 0. The molecule has 0 bridgehead atoms. The third-order valence-corrected chi connectivity index (χ3v) is 2.07. The molecule has 0 aliphatic carbocycles. The minimum Gasteiger partial charge on any atom is -0.322 e. The zero-order valence-electron chi connectivity index (χ0n) is 7.07. The molecule has 2 unspecified atom stereocenters. The van der Waals surface area contributed by atoms with Gasteiger partial charge in [0, 0.05) is 24.5 Å². The molecular formula is C7H12N6. The van der Waals surface area contributed by atoms with Crippen molar-refractivity contribution in [1.29, 1.82) is 0 Å². The summed E-state index contributed by atoms with van der Waals surface area (Å²) in [6.07, 6.45) is 4.96. The molecule has 0 spiro atoms. The summed E-state index contributed by atoms with van der Waals surface area (Å²) in [5, 5.41) is 0. The van der Waals surface area contributed by atoms with Gasteiger partial charge in [-0.15, -0.1) is 0 Å². The molecule has 1 saturated heterocycles. The first-order valence-electron chi connectivity index (χ1n) is 4.12. The van der Waals surface area contributed by atoms with E-state index in [0.29, 0.717) is 0 Å². The summed E-state index contributed by atoms with van der Waals surface area (Å²) in [7, 11) is 0. The molecule has 2 rings (SSSR count). The minimum atomic E-state index is -0.0938. The van der Waals surface area contributed by atoms with Crippen molar-refractivity contribution in [2.45, 2.75) is 12.1 Å². The van der Waals surface area contributed by atoms with Gasteiger partial charge < -0.3 is 5.73 Å². The molecule has 6 nitrogen and oxygen atoms in total. The standard InChI is InChI=1S/C7H12N6/c8-7(6-3-11-13-12-6)5-1-9-4-10-2-5/h1-2,4,6-7,11-13H,3,8H2. The van der Waals surface area contributed by atoms with Gasteiger partial charge in [0.25, 0.3) is 0 Å². The maximum Gasteiger partial charge on any atom is 0.115 e. The molecule has 6 heteroatoms. The zero-order valence-corrected chi connectivity index (χ0v) is 7.07. The molecule has 70 valence electrons. The number of hydrogen-bond donors (Lipinski definition) is 4. The number of aromatic nitrogens is 2. The van der Waals surface area contributed by atoms with Crippen LogP contribution in [0.1, 0.15) is 11.6 Å². The molecule has 5 N–H and O–H groups in total. The Morgan fingerprint density at radius 3 is 2.85 bits per heavy atom. The summed E-state index contributed by atoms with van der Waals surface area (Å²) < 4.78 is 0. The molecule has 0 saturated carbocycles. The van der Waals surface area contributed by atoms with Crippen molar-refractivity contribution >= 4 is 0 Å². The Kier molecular flexibility index (Phi) is 2.46. The first-order valence-corrected chi connectivity index (χ1v) is 4.12. The van der Waals surface area contributed by atoms with Crippen molar-refractivity contribution in [3.8, 4) is 0 Å². The molecule has 0 amide bonds. The maximum atomic E-state index is 5.98. The molecule has 0 aromatic carbocycles. The molecule has 0 radical (unpaired) electrons. The molecule has 1 aliphatic heterocycles. The second kappa shape index (κ2) is 3.75. The highest BCUT2D eigenvalue weighted by molar-refractivity contribution is 5.11. The van der Waals surface area contributed by atoms with Gasteiger partial charge in [0.2, 0.25) is 0 Å². The van der Waals surface area contributed by atoms with Crippen molar-refractivity contribution in [1.82, 2.24) is 26.4 Å². The average molecular weight is 180 g/mol. The second-order valence-electron chi connectivity index (χ2n) is 2.95. The van der Waals surface area contributed by atoms with Crippen molar-refractivity contribution in [2.75, 3.05) is 6.54 Å². The third kappa shape index (κ3) is 1.81. The van der Waals surface area contributed by atoms with Gasteiger partial charge in [-0.05, 0) is 0 Å². The lowest BCUT2D eigenvalue weighted by atomic mass is 10.0. The molecular weight excluding hydrogens is 168 g/mol. The van der Waals surface area contributed by atoms with Gasteiger partial charge in [-0.2, -0.15) is 5.53 Å². The number of rotatable bonds is 2. The predicted octanol–water partition coefficient (Wildman–Crippen LogP) is -1.54. The van der Waals surface area contributed by atoms with Crippen LogP contribution >= 0.6 is 0 Å². The van der Waals surface area contributed by atoms with E-state index in [9.17, 15) is 0 Å². The summed E-state index contributed by atoms with van der Waals surface area (Å²) in [4.78, 5) is 7.83. The molecule has 13 heavy (non-hydrogen) atoms. The Bertz CT molecular complexity index is 257. The van der Waals surface area contributed by atoms with E-state index in [4.69, 9.17) is 5.73 Å². The highest BCUT2D eigenvalue weighted by Crippen LogP contribution is 2.11. The fraction of sp³-hybridized carbons (Fsp3) is 0.429. The lowest BCUT2D eigenvalue weighted by molar-refractivity contribution is 0.480. The number of nitrogens with one attached hydrogen (secondary N) is 3. The van der Waals surface area contributed by atoms with E-state index in [0.717, 1.165) is 12.1 Å². The molecule has 1 fully saturated rings. The highest BCUT2D eigenvalue weighted by Gasteiger charge is 2.22. The molecule has 2 heterocycles. The molecule has 1 aromatic heterocycles. The van der Waals surface area contributed by atoms with E-state index in [1.807, 2.05) is 0 Å². The number of nitrogens with two attached hydrogens (primary N) is 1. The molecule has 1 aliphatic rings. The van der Waals surface area contributed by atoms with Gasteiger partial charge in [0.05, 0.1) is 12.1 Å².